The molecular weight excluding hydrogens is 320 g/mol. The fraction of sp³-hybridized carbons (Fsp3) is 0.722. The first-order valence-corrected chi connectivity index (χ1v) is 8.94. The molecule has 2 aliphatic rings. The molecule has 2 aliphatic heterocycles. The smallest absolute Gasteiger partial charge is 0.410 e. The van der Waals surface area contributed by atoms with Gasteiger partial charge in [-0.3, -0.25) is 0 Å². The van der Waals surface area contributed by atoms with Gasteiger partial charge in [0.1, 0.15) is 5.60 Å². The van der Waals surface area contributed by atoms with Gasteiger partial charge in [-0.05, 0) is 45.1 Å². The first-order valence-electron chi connectivity index (χ1n) is 8.94. The molecule has 1 unspecified atom stereocenters. The average Bonchev–Trinajstić information content (AvgIpc) is 2.93. The van der Waals surface area contributed by atoms with E-state index in [1.165, 1.54) is 0 Å². The number of hydrogen-bond donors (Lipinski definition) is 1. The van der Waals surface area contributed by atoms with Crippen molar-refractivity contribution < 1.29 is 14.6 Å². The van der Waals surface area contributed by atoms with Crippen molar-refractivity contribution in [2.45, 2.75) is 39.2 Å². The molecule has 0 aromatic carbocycles. The molecule has 1 spiro atoms. The Bertz CT molecular complexity index is 594. The van der Waals surface area contributed by atoms with E-state index in [1.807, 2.05) is 20.8 Å². The summed E-state index contributed by atoms with van der Waals surface area (Å²) in [5.41, 5.74) is -0.471. The highest BCUT2D eigenvalue weighted by atomic mass is 16.6. The van der Waals surface area contributed by atoms with Crippen LogP contribution in [0.15, 0.2) is 18.5 Å². The zero-order valence-electron chi connectivity index (χ0n) is 15.3. The molecule has 25 heavy (non-hydrogen) atoms. The maximum atomic E-state index is 12.3. The number of aliphatic hydroxyl groups excluding tert-OH is 1. The molecule has 7 heteroatoms. The number of piperidine rings is 1. The van der Waals surface area contributed by atoms with Crippen LogP contribution in [-0.2, 0) is 4.74 Å². The minimum atomic E-state index is -0.478. The van der Waals surface area contributed by atoms with E-state index in [2.05, 4.69) is 14.9 Å². The lowest BCUT2D eigenvalue weighted by atomic mass is 9.71. The topological polar surface area (TPSA) is 78.8 Å². The van der Waals surface area contributed by atoms with E-state index in [-0.39, 0.29) is 24.0 Å². The van der Waals surface area contributed by atoms with Gasteiger partial charge < -0.3 is 19.6 Å². The second kappa shape index (κ2) is 6.78. The van der Waals surface area contributed by atoms with Crippen LogP contribution >= 0.6 is 0 Å². The van der Waals surface area contributed by atoms with Gasteiger partial charge in [-0.1, -0.05) is 0 Å². The number of likely N-dealkylation sites (tertiary alicyclic amines) is 1. The van der Waals surface area contributed by atoms with Crippen molar-refractivity contribution in [3.63, 3.8) is 0 Å². The van der Waals surface area contributed by atoms with Crippen LogP contribution in [0.2, 0.25) is 0 Å². The Labute approximate surface area is 149 Å². The first kappa shape index (κ1) is 17.9. The van der Waals surface area contributed by atoms with Crippen LogP contribution in [0.3, 0.4) is 0 Å². The summed E-state index contributed by atoms with van der Waals surface area (Å²) in [6.07, 6.45) is 4.96. The quantitative estimate of drug-likeness (QED) is 0.880. The number of ether oxygens (including phenoxy) is 1. The van der Waals surface area contributed by atoms with Gasteiger partial charge in [0, 0.05) is 51.1 Å². The van der Waals surface area contributed by atoms with Crippen molar-refractivity contribution in [2.75, 3.05) is 37.7 Å². The maximum Gasteiger partial charge on any atom is 0.410 e. The molecule has 1 aromatic rings. The van der Waals surface area contributed by atoms with Gasteiger partial charge in [0.15, 0.2) is 0 Å². The van der Waals surface area contributed by atoms with Gasteiger partial charge in [-0.15, -0.1) is 0 Å². The summed E-state index contributed by atoms with van der Waals surface area (Å²) in [6, 6.07) is 1.80. The molecule has 0 aliphatic carbocycles. The van der Waals surface area contributed by atoms with E-state index in [0.717, 1.165) is 25.9 Å². The van der Waals surface area contributed by atoms with Crippen LogP contribution in [-0.4, -0.2) is 64.5 Å². The number of aromatic nitrogens is 2. The number of anilines is 1. The molecule has 0 bridgehead atoms. The number of aliphatic hydroxyl groups is 1. The van der Waals surface area contributed by atoms with Crippen LogP contribution in [0.1, 0.15) is 33.6 Å². The van der Waals surface area contributed by atoms with Crippen molar-refractivity contribution in [3.05, 3.63) is 18.5 Å². The first-order chi connectivity index (χ1) is 11.8. The third kappa shape index (κ3) is 3.86. The molecule has 2 fully saturated rings. The predicted molar refractivity (Wildman–Crippen MR) is 94.3 cm³/mol. The SMILES string of the molecule is CC(C)(C)OC(=O)N1CCC2(CC1)CN(c1ncccn1)CC2CO. The van der Waals surface area contributed by atoms with Crippen molar-refractivity contribution >= 4 is 12.0 Å². The maximum absolute atomic E-state index is 12.3. The summed E-state index contributed by atoms with van der Waals surface area (Å²) in [5, 5.41) is 9.90. The summed E-state index contributed by atoms with van der Waals surface area (Å²) < 4.78 is 5.48. The lowest BCUT2D eigenvalue weighted by molar-refractivity contribution is 0.00273. The van der Waals surface area contributed by atoms with Gasteiger partial charge in [0.05, 0.1) is 0 Å². The van der Waals surface area contributed by atoms with E-state index in [0.29, 0.717) is 19.0 Å². The van der Waals surface area contributed by atoms with Crippen LogP contribution in [0, 0.1) is 11.3 Å². The molecule has 3 heterocycles. The van der Waals surface area contributed by atoms with Crippen LogP contribution in [0.5, 0.6) is 0 Å². The van der Waals surface area contributed by atoms with Crippen LogP contribution < -0.4 is 4.90 Å². The van der Waals surface area contributed by atoms with Crippen LogP contribution in [0.25, 0.3) is 0 Å². The van der Waals surface area contributed by atoms with Gasteiger partial charge >= 0.3 is 6.09 Å². The van der Waals surface area contributed by atoms with E-state index in [4.69, 9.17) is 4.74 Å². The second-order valence-corrected chi connectivity index (χ2v) is 8.14. The minimum Gasteiger partial charge on any atom is -0.444 e. The van der Waals surface area contributed by atoms with Crippen molar-refractivity contribution in [1.82, 2.24) is 14.9 Å². The molecule has 1 N–H and O–H groups in total. The molecule has 1 amide bonds. The monoisotopic (exact) mass is 348 g/mol. The lowest BCUT2D eigenvalue weighted by Gasteiger charge is -2.42. The summed E-state index contributed by atoms with van der Waals surface area (Å²) in [5.74, 6) is 0.893. The standard InChI is InChI=1S/C18H28N4O3/c1-17(2,3)25-16(24)21-9-5-18(6-10-21)13-22(11-14(18)12-23)15-19-7-4-8-20-15/h4,7-8,14,23H,5-6,9-13H2,1-3H3. The third-order valence-corrected chi connectivity index (χ3v) is 5.28. The molecule has 1 aromatic heterocycles. The summed E-state index contributed by atoms with van der Waals surface area (Å²) in [6.45, 7) is 8.70. The van der Waals surface area contributed by atoms with Gasteiger partial charge in [-0.25, -0.2) is 14.8 Å². The van der Waals surface area contributed by atoms with E-state index < -0.39 is 5.60 Å². The van der Waals surface area contributed by atoms with Crippen molar-refractivity contribution in [2.24, 2.45) is 11.3 Å². The Balaban J connectivity index is 1.66. The van der Waals surface area contributed by atoms with E-state index in [9.17, 15) is 9.90 Å². The average molecular weight is 348 g/mol. The molecule has 2 saturated heterocycles. The molecule has 7 nitrogen and oxygen atoms in total. The number of carbonyl (C=O) groups excluding carboxylic acids is 1. The highest BCUT2D eigenvalue weighted by Gasteiger charge is 2.49. The summed E-state index contributed by atoms with van der Waals surface area (Å²) >= 11 is 0. The van der Waals surface area contributed by atoms with E-state index >= 15 is 0 Å². The van der Waals surface area contributed by atoms with Gasteiger partial charge in [0.2, 0.25) is 5.95 Å². The number of amides is 1. The highest BCUT2D eigenvalue weighted by molar-refractivity contribution is 5.68. The zero-order chi connectivity index (χ0) is 18.1. The lowest BCUT2D eigenvalue weighted by Crippen LogP contribution is -2.48. The Morgan fingerprint density at radius 2 is 1.96 bits per heavy atom. The van der Waals surface area contributed by atoms with Gasteiger partial charge in [0.25, 0.3) is 0 Å². The van der Waals surface area contributed by atoms with Gasteiger partial charge in [-0.2, -0.15) is 0 Å². The highest BCUT2D eigenvalue weighted by Crippen LogP contribution is 2.45. The Morgan fingerprint density at radius 1 is 1.32 bits per heavy atom. The molecule has 1 atom stereocenters. The molecule has 0 radical (unpaired) electrons. The summed E-state index contributed by atoms with van der Waals surface area (Å²) in [4.78, 5) is 24.9. The number of rotatable bonds is 2. The predicted octanol–water partition coefficient (Wildman–Crippen LogP) is 1.92. The normalized spacial score (nSPS) is 23.1. The number of hydrogen-bond acceptors (Lipinski definition) is 6. The number of nitrogens with zero attached hydrogens (tertiary/aromatic N) is 4. The molecule has 138 valence electrons. The largest absolute Gasteiger partial charge is 0.444 e. The van der Waals surface area contributed by atoms with Crippen LogP contribution in [0.4, 0.5) is 10.7 Å². The number of carbonyl (C=O) groups is 1. The second-order valence-electron chi connectivity index (χ2n) is 8.14. The Kier molecular flexibility index (Phi) is 4.86. The third-order valence-electron chi connectivity index (χ3n) is 5.28. The fourth-order valence-corrected chi connectivity index (χ4v) is 3.92. The van der Waals surface area contributed by atoms with E-state index in [1.54, 1.807) is 23.4 Å². The zero-order valence-corrected chi connectivity index (χ0v) is 15.3. The Hall–Kier alpha value is -1.89. The van der Waals surface area contributed by atoms with Crippen molar-refractivity contribution in [1.29, 1.82) is 0 Å². The summed E-state index contributed by atoms with van der Waals surface area (Å²) in [7, 11) is 0. The molecular formula is C18H28N4O3. The molecule has 0 saturated carbocycles. The Morgan fingerprint density at radius 3 is 2.52 bits per heavy atom. The molecule has 3 rings (SSSR count). The fourth-order valence-electron chi connectivity index (χ4n) is 3.92. The minimum absolute atomic E-state index is 0.00641. The van der Waals surface area contributed by atoms with Crippen molar-refractivity contribution in [3.8, 4) is 0 Å².